The maximum Gasteiger partial charge on any atom is 0.271 e. The summed E-state index contributed by atoms with van der Waals surface area (Å²) >= 11 is 2.24. The quantitative estimate of drug-likeness (QED) is 0.517. The van der Waals surface area contributed by atoms with Gasteiger partial charge >= 0.3 is 0 Å². The lowest BCUT2D eigenvalue weighted by atomic mass is 10.1. The summed E-state index contributed by atoms with van der Waals surface area (Å²) in [6.45, 7) is 1.86. The van der Waals surface area contributed by atoms with Crippen molar-refractivity contribution in [1.29, 1.82) is 0 Å². The summed E-state index contributed by atoms with van der Waals surface area (Å²) in [6, 6.07) is 11.2. The van der Waals surface area contributed by atoms with E-state index >= 15 is 0 Å². The summed E-state index contributed by atoms with van der Waals surface area (Å²) in [5.41, 5.74) is 4.81. The van der Waals surface area contributed by atoms with Crippen LogP contribution in [0.2, 0.25) is 0 Å². The van der Waals surface area contributed by atoms with Gasteiger partial charge in [0.1, 0.15) is 0 Å². The van der Waals surface area contributed by atoms with Crippen LogP contribution in [0.1, 0.15) is 22.8 Å². The van der Waals surface area contributed by atoms with Crippen molar-refractivity contribution in [3.63, 3.8) is 0 Å². The topological polar surface area (TPSA) is 54.4 Å². The fourth-order valence-electron chi connectivity index (χ4n) is 1.46. The third-order valence-corrected chi connectivity index (χ3v) is 3.25. The molecule has 96 valence electrons. The highest BCUT2D eigenvalue weighted by Gasteiger charge is 2.03. The summed E-state index contributed by atoms with van der Waals surface area (Å²) < 4.78 is 1.16. The molecule has 5 heteroatoms. The SMILES string of the molecule is C/C(=N/NC(=O)c1ccncc1)c1ccc(I)cc1. The normalized spacial score (nSPS) is 11.2. The molecule has 0 bridgehead atoms. The van der Waals surface area contributed by atoms with Gasteiger partial charge in [0.15, 0.2) is 0 Å². The molecule has 2 aromatic rings. The van der Waals surface area contributed by atoms with Crippen LogP contribution in [-0.4, -0.2) is 16.6 Å². The number of rotatable bonds is 3. The van der Waals surface area contributed by atoms with Crippen molar-refractivity contribution in [3.05, 3.63) is 63.5 Å². The number of amides is 1. The lowest BCUT2D eigenvalue weighted by Gasteiger charge is -2.03. The minimum absolute atomic E-state index is 0.243. The molecule has 2 rings (SSSR count). The van der Waals surface area contributed by atoms with E-state index in [-0.39, 0.29) is 5.91 Å². The van der Waals surface area contributed by atoms with Crippen LogP contribution in [0.25, 0.3) is 0 Å². The molecule has 19 heavy (non-hydrogen) atoms. The van der Waals surface area contributed by atoms with Gasteiger partial charge in [0.05, 0.1) is 5.71 Å². The number of nitrogens with one attached hydrogen (secondary N) is 1. The first-order valence-electron chi connectivity index (χ1n) is 5.67. The second-order valence-electron chi connectivity index (χ2n) is 3.88. The maximum atomic E-state index is 11.8. The summed E-state index contributed by atoms with van der Waals surface area (Å²) in [4.78, 5) is 15.6. The Kier molecular flexibility index (Phi) is 4.62. The zero-order valence-corrected chi connectivity index (χ0v) is 12.5. The van der Waals surface area contributed by atoms with Gasteiger partial charge in [-0.2, -0.15) is 5.10 Å². The van der Waals surface area contributed by atoms with E-state index in [9.17, 15) is 4.79 Å². The molecule has 0 aliphatic heterocycles. The van der Waals surface area contributed by atoms with Crippen molar-refractivity contribution in [3.8, 4) is 0 Å². The second kappa shape index (κ2) is 6.42. The van der Waals surface area contributed by atoms with Gasteiger partial charge < -0.3 is 0 Å². The van der Waals surface area contributed by atoms with Gasteiger partial charge in [-0.25, -0.2) is 5.43 Å². The number of nitrogens with zero attached hydrogens (tertiary/aromatic N) is 2. The molecule has 0 radical (unpaired) electrons. The Balaban J connectivity index is 2.06. The van der Waals surface area contributed by atoms with Crippen LogP contribution < -0.4 is 5.43 Å². The maximum absolute atomic E-state index is 11.8. The lowest BCUT2D eigenvalue weighted by Crippen LogP contribution is -2.19. The van der Waals surface area contributed by atoms with Crippen molar-refractivity contribution in [2.45, 2.75) is 6.92 Å². The highest BCUT2D eigenvalue weighted by atomic mass is 127. The molecule has 1 N–H and O–H groups in total. The van der Waals surface area contributed by atoms with E-state index in [1.807, 2.05) is 31.2 Å². The minimum atomic E-state index is -0.243. The number of halogens is 1. The van der Waals surface area contributed by atoms with Gasteiger partial charge in [-0.3, -0.25) is 9.78 Å². The molecule has 0 unspecified atom stereocenters. The number of hydrogen-bond acceptors (Lipinski definition) is 3. The van der Waals surface area contributed by atoms with Crippen molar-refractivity contribution < 1.29 is 4.79 Å². The van der Waals surface area contributed by atoms with Gasteiger partial charge in [-0.15, -0.1) is 0 Å². The Morgan fingerprint density at radius 3 is 2.37 bits per heavy atom. The van der Waals surface area contributed by atoms with E-state index in [4.69, 9.17) is 0 Å². The summed E-state index contributed by atoms with van der Waals surface area (Å²) in [7, 11) is 0. The molecule has 0 aliphatic carbocycles. The smallest absolute Gasteiger partial charge is 0.267 e. The number of benzene rings is 1. The summed E-state index contributed by atoms with van der Waals surface area (Å²) in [6.07, 6.45) is 3.15. The number of hydrazone groups is 1. The van der Waals surface area contributed by atoms with E-state index in [2.05, 4.69) is 38.1 Å². The number of hydrogen-bond donors (Lipinski definition) is 1. The molecule has 0 saturated heterocycles. The van der Waals surface area contributed by atoms with Crippen LogP contribution in [0.15, 0.2) is 53.9 Å². The van der Waals surface area contributed by atoms with Crippen molar-refractivity contribution in [2.75, 3.05) is 0 Å². The van der Waals surface area contributed by atoms with Gasteiger partial charge in [0.25, 0.3) is 5.91 Å². The first-order chi connectivity index (χ1) is 9.16. The molecule has 0 atom stereocenters. The lowest BCUT2D eigenvalue weighted by molar-refractivity contribution is 0.0954. The molecule has 1 amide bonds. The number of aromatic nitrogens is 1. The highest BCUT2D eigenvalue weighted by molar-refractivity contribution is 14.1. The number of pyridine rings is 1. The zero-order chi connectivity index (χ0) is 13.7. The molecular weight excluding hydrogens is 353 g/mol. The highest BCUT2D eigenvalue weighted by Crippen LogP contribution is 2.07. The van der Waals surface area contributed by atoms with E-state index in [0.29, 0.717) is 5.56 Å². The molecule has 1 aromatic carbocycles. The summed E-state index contributed by atoms with van der Waals surface area (Å²) in [5.74, 6) is -0.243. The van der Waals surface area contributed by atoms with E-state index < -0.39 is 0 Å². The Hall–Kier alpha value is -1.76. The van der Waals surface area contributed by atoms with Crippen LogP contribution >= 0.6 is 22.6 Å². The molecule has 1 heterocycles. The molecular formula is C14H12IN3O. The Labute approximate surface area is 125 Å². The summed E-state index contributed by atoms with van der Waals surface area (Å²) in [5, 5.41) is 4.09. The minimum Gasteiger partial charge on any atom is -0.267 e. The molecule has 0 spiro atoms. The van der Waals surface area contributed by atoms with Crippen LogP contribution in [0, 0.1) is 3.57 Å². The average molecular weight is 365 g/mol. The Morgan fingerprint density at radius 2 is 1.74 bits per heavy atom. The molecule has 1 aromatic heterocycles. The van der Waals surface area contributed by atoms with Crippen LogP contribution in [-0.2, 0) is 0 Å². The average Bonchev–Trinajstić information content (AvgIpc) is 2.46. The predicted molar refractivity (Wildman–Crippen MR) is 83.1 cm³/mol. The number of carbonyl (C=O) groups is 1. The third-order valence-electron chi connectivity index (χ3n) is 2.53. The monoisotopic (exact) mass is 365 g/mol. The Morgan fingerprint density at radius 1 is 1.11 bits per heavy atom. The predicted octanol–water partition coefficient (Wildman–Crippen LogP) is 2.84. The first-order valence-corrected chi connectivity index (χ1v) is 6.75. The third kappa shape index (κ3) is 3.85. The van der Waals surface area contributed by atoms with Gasteiger partial charge in [0, 0.05) is 21.5 Å². The van der Waals surface area contributed by atoms with Gasteiger partial charge in [0.2, 0.25) is 0 Å². The van der Waals surface area contributed by atoms with Crippen LogP contribution in [0.3, 0.4) is 0 Å². The van der Waals surface area contributed by atoms with Crippen molar-refractivity contribution in [1.82, 2.24) is 10.4 Å². The standard InChI is InChI=1S/C14H12IN3O/c1-10(11-2-4-13(15)5-3-11)17-18-14(19)12-6-8-16-9-7-12/h2-9H,1H3,(H,18,19)/b17-10-. The van der Waals surface area contributed by atoms with Crippen molar-refractivity contribution >= 4 is 34.2 Å². The Bertz CT molecular complexity index is 594. The fraction of sp³-hybridized carbons (Fsp3) is 0.0714. The fourth-order valence-corrected chi connectivity index (χ4v) is 1.82. The van der Waals surface area contributed by atoms with E-state index in [1.165, 1.54) is 0 Å². The van der Waals surface area contributed by atoms with E-state index in [1.54, 1.807) is 24.5 Å². The largest absolute Gasteiger partial charge is 0.271 e. The molecule has 0 fully saturated rings. The van der Waals surface area contributed by atoms with Gasteiger partial charge in [-0.05, 0) is 59.3 Å². The number of carbonyl (C=O) groups excluding carboxylic acids is 1. The zero-order valence-electron chi connectivity index (χ0n) is 10.3. The molecule has 0 aliphatic rings. The molecule has 0 saturated carbocycles. The first kappa shape index (κ1) is 13.7. The van der Waals surface area contributed by atoms with Crippen LogP contribution in [0.4, 0.5) is 0 Å². The van der Waals surface area contributed by atoms with Crippen molar-refractivity contribution in [2.24, 2.45) is 5.10 Å². The van der Waals surface area contributed by atoms with Gasteiger partial charge in [-0.1, -0.05) is 12.1 Å². The van der Waals surface area contributed by atoms with E-state index in [0.717, 1.165) is 14.8 Å². The second-order valence-corrected chi connectivity index (χ2v) is 5.13. The molecule has 4 nitrogen and oxygen atoms in total. The van der Waals surface area contributed by atoms with Crippen LogP contribution in [0.5, 0.6) is 0 Å².